The molecular weight excluding hydrogens is 168 g/mol. The van der Waals surface area contributed by atoms with Crippen molar-refractivity contribution in [3.05, 3.63) is 12.2 Å². The van der Waals surface area contributed by atoms with Gasteiger partial charge in [-0.25, -0.2) is 0 Å². The smallest absolute Gasteiger partial charge is 0.241 e. The van der Waals surface area contributed by atoms with Gasteiger partial charge in [0.25, 0.3) is 0 Å². The zero-order valence-corrected chi connectivity index (χ0v) is 7.53. The molecule has 13 heavy (non-hydrogen) atoms. The lowest BCUT2D eigenvalue weighted by Gasteiger charge is -2.54. The topological polar surface area (TPSA) is 55.6 Å². The molecule has 1 spiro atoms. The van der Waals surface area contributed by atoms with Crippen molar-refractivity contribution in [3.8, 4) is 0 Å². The van der Waals surface area contributed by atoms with Gasteiger partial charge in [0.15, 0.2) is 0 Å². The van der Waals surface area contributed by atoms with Crippen molar-refractivity contribution in [1.82, 2.24) is 4.90 Å². The number of carbonyl (C=O) groups excluding carboxylic acids is 1. The van der Waals surface area contributed by atoms with Crippen LogP contribution in [0.5, 0.6) is 0 Å². The maximum Gasteiger partial charge on any atom is 0.241 e. The molecule has 0 atom stereocenters. The lowest BCUT2D eigenvalue weighted by atomic mass is 9.78. The molecule has 4 heteroatoms. The highest BCUT2D eigenvalue weighted by Crippen LogP contribution is 2.37. The Balaban J connectivity index is 1.66. The first-order chi connectivity index (χ1) is 6.20. The zero-order chi connectivity index (χ0) is 9.31. The van der Waals surface area contributed by atoms with Crippen molar-refractivity contribution in [2.75, 3.05) is 32.8 Å². The van der Waals surface area contributed by atoms with Crippen LogP contribution in [-0.2, 0) is 9.53 Å². The Hall–Kier alpha value is -0.870. The Morgan fingerprint density at radius 2 is 2.23 bits per heavy atom. The van der Waals surface area contributed by atoms with E-state index in [4.69, 9.17) is 10.5 Å². The first-order valence-electron chi connectivity index (χ1n) is 4.46. The summed E-state index contributed by atoms with van der Waals surface area (Å²) < 4.78 is 5.15. The number of rotatable bonds is 3. The summed E-state index contributed by atoms with van der Waals surface area (Å²) in [4.78, 5) is 12.7. The van der Waals surface area contributed by atoms with Crippen LogP contribution >= 0.6 is 0 Å². The van der Waals surface area contributed by atoms with Crippen molar-refractivity contribution < 1.29 is 9.53 Å². The lowest BCUT2D eigenvalue weighted by molar-refractivity contribution is -0.186. The van der Waals surface area contributed by atoms with E-state index >= 15 is 0 Å². The van der Waals surface area contributed by atoms with Crippen molar-refractivity contribution in [2.24, 2.45) is 11.1 Å². The van der Waals surface area contributed by atoms with Gasteiger partial charge in [0.2, 0.25) is 5.91 Å². The molecule has 72 valence electrons. The normalized spacial score (nSPS) is 25.8. The number of amides is 1. The number of hydrogen-bond acceptors (Lipinski definition) is 3. The summed E-state index contributed by atoms with van der Waals surface area (Å²) in [6.07, 6.45) is 3.23. The van der Waals surface area contributed by atoms with Gasteiger partial charge in [0, 0.05) is 25.0 Å². The summed E-state index contributed by atoms with van der Waals surface area (Å²) in [6, 6.07) is 0. The Bertz CT molecular complexity index is 238. The van der Waals surface area contributed by atoms with E-state index in [1.165, 1.54) is 6.08 Å². The molecule has 2 saturated heterocycles. The fraction of sp³-hybridized carbons (Fsp3) is 0.667. The second-order valence-electron chi connectivity index (χ2n) is 3.97. The maximum atomic E-state index is 10.4. The Morgan fingerprint density at radius 1 is 1.54 bits per heavy atom. The van der Waals surface area contributed by atoms with Gasteiger partial charge in [-0.15, -0.1) is 0 Å². The standard InChI is InChI=1S/C9H14N2O2/c10-8(12)2-1-3-11-4-9(5-11)6-13-7-9/h1-2H,3-7H2,(H2,10,12). The highest BCUT2D eigenvalue weighted by Gasteiger charge is 2.48. The van der Waals surface area contributed by atoms with Crippen LogP contribution < -0.4 is 5.73 Å². The Kier molecular flexibility index (Phi) is 2.09. The van der Waals surface area contributed by atoms with E-state index in [0.717, 1.165) is 32.8 Å². The molecule has 0 aromatic carbocycles. The molecule has 2 N–H and O–H groups in total. The van der Waals surface area contributed by atoms with Crippen molar-refractivity contribution in [3.63, 3.8) is 0 Å². The van der Waals surface area contributed by atoms with Crippen LogP contribution in [0.1, 0.15) is 0 Å². The van der Waals surface area contributed by atoms with Gasteiger partial charge in [-0.2, -0.15) is 0 Å². The number of hydrogen-bond donors (Lipinski definition) is 1. The van der Waals surface area contributed by atoms with Crippen LogP contribution in [0.15, 0.2) is 12.2 Å². The second-order valence-corrected chi connectivity index (χ2v) is 3.97. The minimum atomic E-state index is -0.373. The third-order valence-corrected chi connectivity index (χ3v) is 2.58. The fourth-order valence-corrected chi connectivity index (χ4v) is 1.92. The van der Waals surface area contributed by atoms with E-state index in [-0.39, 0.29) is 5.91 Å². The highest BCUT2D eigenvalue weighted by molar-refractivity contribution is 5.85. The lowest BCUT2D eigenvalue weighted by Crippen LogP contribution is -2.65. The van der Waals surface area contributed by atoms with Crippen LogP contribution in [0.2, 0.25) is 0 Å². The van der Waals surface area contributed by atoms with Crippen LogP contribution in [0, 0.1) is 5.41 Å². The molecule has 0 saturated carbocycles. The van der Waals surface area contributed by atoms with Crippen LogP contribution in [0.3, 0.4) is 0 Å². The average Bonchev–Trinajstić information content (AvgIpc) is 1.89. The Morgan fingerprint density at radius 3 is 2.69 bits per heavy atom. The number of carbonyl (C=O) groups is 1. The molecule has 2 fully saturated rings. The minimum absolute atomic E-state index is 0.373. The van der Waals surface area contributed by atoms with Gasteiger partial charge in [0.1, 0.15) is 0 Å². The van der Waals surface area contributed by atoms with Crippen molar-refractivity contribution in [1.29, 1.82) is 0 Å². The van der Waals surface area contributed by atoms with Crippen molar-refractivity contribution >= 4 is 5.91 Å². The van der Waals surface area contributed by atoms with E-state index in [9.17, 15) is 4.79 Å². The molecule has 4 nitrogen and oxygen atoms in total. The van der Waals surface area contributed by atoms with Crippen LogP contribution in [0.25, 0.3) is 0 Å². The molecule has 0 unspecified atom stereocenters. The number of nitrogens with two attached hydrogens (primary N) is 1. The van der Waals surface area contributed by atoms with E-state index in [0.29, 0.717) is 5.41 Å². The predicted octanol–water partition coefficient (Wildman–Crippen LogP) is -0.640. The van der Waals surface area contributed by atoms with Crippen molar-refractivity contribution in [2.45, 2.75) is 0 Å². The second kappa shape index (κ2) is 3.12. The fourth-order valence-electron chi connectivity index (χ4n) is 1.92. The van der Waals surface area contributed by atoms with Gasteiger partial charge in [0.05, 0.1) is 13.2 Å². The van der Waals surface area contributed by atoms with Gasteiger partial charge in [-0.3, -0.25) is 9.69 Å². The van der Waals surface area contributed by atoms with E-state index in [2.05, 4.69) is 4.90 Å². The summed E-state index contributed by atoms with van der Waals surface area (Å²) >= 11 is 0. The van der Waals surface area contributed by atoms with E-state index in [1.54, 1.807) is 0 Å². The minimum Gasteiger partial charge on any atom is -0.380 e. The maximum absolute atomic E-state index is 10.4. The third kappa shape index (κ3) is 1.73. The monoisotopic (exact) mass is 182 g/mol. The van der Waals surface area contributed by atoms with Gasteiger partial charge >= 0.3 is 0 Å². The molecular formula is C9H14N2O2. The molecule has 2 aliphatic heterocycles. The summed E-state index contributed by atoms with van der Waals surface area (Å²) in [5.74, 6) is -0.373. The molecule has 0 bridgehead atoms. The number of nitrogens with zero attached hydrogens (tertiary/aromatic N) is 1. The SMILES string of the molecule is NC(=O)C=CCN1CC2(COC2)C1. The summed E-state index contributed by atoms with van der Waals surface area (Å²) in [5, 5.41) is 0. The van der Waals surface area contributed by atoms with Gasteiger partial charge in [-0.05, 0) is 6.08 Å². The molecule has 0 aromatic heterocycles. The summed E-state index contributed by atoms with van der Waals surface area (Å²) in [6.45, 7) is 4.82. The van der Waals surface area contributed by atoms with Gasteiger partial charge < -0.3 is 10.5 Å². The zero-order valence-electron chi connectivity index (χ0n) is 7.53. The summed E-state index contributed by atoms with van der Waals surface area (Å²) in [5.41, 5.74) is 5.42. The first-order valence-corrected chi connectivity index (χ1v) is 4.46. The number of ether oxygens (including phenoxy) is 1. The third-order valence-electron chi connectivity index (χ3n) is 2.58. The molecule has 2 aliphatic rings. The van der Waals surface area contributed by atoms with Crippen LogP contribution in [0.4, 0.5) is 0 Å². The highest BCUT2D eigenvalue weighted by atomic mass is 16.5. The largest absolute Gasteiger partial charge is 0.380 e. The molecule has 0 radical (unpaired) electrons. The summed E-state index contributed by atoms with van der Waals surface area (Å²) in [7, 11) is 0. The van der Waals surface area contributed by atoms with E-state index < -0.39 is 0 Å². The first kappa shape index (κ1) is 8.72. The van der Waals surface area contributed by atoms with Gasteiger partial charge in [-0.1, -0.05) is 6.08 Å². The average molecular weight is 182 g/mol. The number of likely N-dealkylation sites (tertiary alicyclic amines) is 1. The number of primary amides is 1. The quantitative estimate of drug-likeness (QED) is 0.591. The predicted molar refractivity (Wildman–Crippen MR) is 48.0 cm³/mol. The molecule has 2 heterocycles. The van der Waals surface area contributed by atoms with Crippen LogP contribution in [-0.4, -0.2) is 43.7 Å². The molecule has 1 amide bonds. The Labute approximate surface area is 77.3 Å². The molecule has 0 aliphatic carbocycles. The molecule has 2 rings (SSSR count). The van der Waals surface area contributed by atoms with E-state index in [1.807, 2.05) is 6.08 Å². The molecule has 0 aromatic rings.